The molecule has 148 valence electrons. The number of nitrogens with one attached hydrogen (secondary N) is 1. The number of carbonyl (C=O) groups excluding carboxylic acids is 1. The molecule has 5 nitrogen and oxygen atoms in total. The normalized spacial score (nSPS) is 19.1. The van der Waals surface area contributed by atoms with Crippen LogP contribution < -0.4 is 5.32 Å². The van der Waals surface area contributed by atoms with Crippen molar-refractivity contribution in [1.82, 2.24) is 5.32 Å². The van der Waals surface area contributed by atoms with Crippen molar-refractivity contribution in [3.8, 4) is 0 Å². The molecule has 2 rings (SSSR count). The van der Waals surface area contributed by atoms with Gasteiger partial charge in [0.15, 0.2) is 0 Å². The molecule has 1 aliphatic rings. The summed E-state index contributed by atoms with van der Waals surface area (Å²) in [6, 6.07) is 7.91. The molecule has 0 saturated carbocycles. The highest BCUT2D eigenvalue weighted by atomic mass is 79.9. The van der Waals surface area contributed by atoms with Gasteiger partial charge in [0, 0.05) is 11.0 Å². The number of halogens is 1. The van der Waals surface area contributed by atoms with Gasteiger partial charge in [0.1, 0.15) is 5.60 Å². The highest BCUT2D eigenvalue weighted by molar-refractivity contribution is 9.10. The van der Waals surface area contributed by atoms with Gasteiger partial charge in [-0.1, -0.05) is 34.1 Å². The Kier molecular flexibility index (Phi) is 6.50. The van der Waals surface area contributed by atoms with Crippen LogP contribution in [-0.2, 0) is 14.0 Å². The largest absolute Gasteiger partial charge is 0.492 e. The molecule has 1 aliphatic heterocycles. The Morgan fingerprint density at radius 1 is 1.22 bits per heavy atom. The fourth-order valence-electron chi connectivity index (χ4n) is 2.50. The first-order valence-corrected chi connectivity index (χ1v) is 9.87. The minimum atomic E-state index is -0.553. The number of carbonyl (C=O) groups is 1. The van der Waals surface area contributed by atoms with Gasteiger partial charge in [-0.25, -0.2) is 4.79 Å². The zero-order valence-electron chi connectivity index (χ0n) is 17.2. The SMILES string of the molecule is CC(C)(C)OC(=O)NCC(=Cc1cccc(Br)c1)B1OC(C)(C)C(C)(C)O1. The Labute approximate surface area is 171 Å². The Bertz CT molecular complexity index is 709. The third kappa shape index (κ3) is 6.09. The van der Waals surface area contributed by atoms with Crippen LogP contribution in [0.4, 0.5) is 4.79 Å². The quantitative estimate of drug-likeness (QED) is 0.674. The van der Waals surface area contributed by atoms with E-state index in [4.69, 9.17) is 14.0 Å². The van der Waals surface area contributed by atoms with Crippen LogP contribution in [0.5, 0.6) is 0 Å². The molecule has 1 aromatic carbocycles. The van der Waals surface area contributed by atoms with E-state index in [2.05, 4.69) is 21.2 Å². The van der Waals surface area contributed by atoms with E-state index in [1.807, 2.05) is 78.8 Å². The molecule has 0 aliphatic carbocycles. The molecular formula is C20H29BBrNO4. The van der Waals surface area contributed by atoms with E-state index in [0.717, 1.165) is 15.5 Å². The Morgan fingerprint density at radius 3 is 2.33 bits per heavy atom. The average Bonchev–Trinajstić information content (AvgIpc) is 2.70. The van der Waals surface area contributed by atoms with E-state index < -0.39 is 30.0 Å². The van der Waals surface area contributed by atoms with Gasteiger partial charge in [0.2, 0.25) is 0 Å². The van der Waals surface area contributed by atoms with Gasteiger partial charge in [-0.05, 0) is 71.6 Å². The summed E-state index contributed by atoms with van der Waals surface area (Å²) < 4.78 is 18.6. The van der Waals surface area contributed by atoms with Crippen LogP contribution in [0.3, 0.4) is 0 Å². The number of amides is 1. The minimum Gasteiger partial charge on any atom is -0.444 e. The van der Waals surface area contributed by atoms with Gasteiger partial charge in [-0.2, -0.15) is 0 Å². The van der Waals surface area contributed by atoms with Crippen LogP contribution in [0.2, 0.25) is 0 Å². The zero-order chi connectivity index (χ0) is 20.5. The Morgan fingerprint density at radius 2 is 1.81 bits per heavy atom. The number of hydrogen-bond acceptors (Lipinski definition) is 4. The van der Waals surface area contributed by atoms with Crippen LogP contribution >= 0.6 is 15.9 Å². The van der Waals surface area contributed by atoms with Gasteiger partial charge in [0.05, 0.1) is 11.2 Å². The number of ether oxygens (including phenoxy) is 1. The van der Waals surface area contributed by atoms with Crippen molar-refractivity contribution in [2.75, 3.05) is 6.54 Å². The van der Waals surface area contributed by atoms with E-state index in [9.17, 15) is 4.79 Å². The molecule has 0 bridgehead atoms. The lowest BCUT2D eigenvalue weighted by Crippen LogP contribution is -2.41. The van der Waals surface area contributed by atoms with Gasteiger partial charge >= 0.3 is 13.2 Å². The summed E-state index contributed by atoms with van der Waals surface area (Å²) in [5.74, 6) is 0. The molecular weight excluding hydrogens is 409 g/mol. The van der Waals surface area contributed by atoms with Crippen LogP contribution in [-0.4, -0.2) is 36.6 Å². The fourth-order valence-corrected chi connectivity index (χ4v) is 2.91. The summed E-state index contributed by atoms with van der Waals surface area (Å²) in [6.45, 7) is 13.8. The third-order valence-electron chi connectivity index (χ3n) is 4.59. The summed E-state index contributed by atoms with van der Waals surface area (Å²) in [7, 11) is -0.552. The van der Waals surface area contributed by atoms with Crippen molar-refractivity contribution in [2.45, 2.75) is 65.3 Å². The predicted octanol–water partition coefficient (Wildman–Crippen LogP) is 4.99. The highest BCUT2D eigenvalue weighted by Gasteiger charge is 2.52. The third-order valence-corrected chi connectivity index (χ3v) is 5.09. The average molecular weight is 438 g/mol. The molecule has 1 saturated heterocycles. The first-order valence-electron chi connectivity index (χ1n) is 9.08. The minimum absolute atomic E-state index is 0.262. The highest BCUT2D eigenvalue weighted by Crippen LogP contribution is 2.38. The lowest BCUT2D eigenvalue weighted by Gasteiger charge is -2.32. The summed E-state index contributed by atoms with van der Waals surface area (Å²) in [6.07, 6.45) is 1.50. The maximum absolute atomic E-state index is 12.1. The summed E-state index contributed by atoms with van der Waals surface area (Å²) in [5, 5.41) is 2.80. The molecule has 7 heteroatoms. The maximum atomic E-state index is 12.1. The standard InChI is InChI=1S/C20H29BBrNO4/c1-18(2,3)25-17(24)23-13-15(11-14-9-8-10-16(22)12-14)21-26-19(4,5)20(6,7)27-21/h8-12H,13H2,1-7H3,(H,23,24). The maximum Gasteiger partial charge on any atom is 0.492 e. The molecule has 0 aromatic heterocycles. The van der Waals surface area contributed by atoms with Gasteiger partial charge in [-0.3, -0.25) is 0 Å². The zero-order valence-corrected chi connectivity index (χ0v) is 18.8. The predicted molar refractivity (Wildman–Crippen MR) is 112 cm³/mol. The molecule has 1 fully saturated rings. The number of hydrogen-bond donors (Lipinski definition) is 1. The van der Waals surface area contributed by atoms with Crippen LogP contribution in [0.1, 0.15) is 54.0 Å². The first kappa shape index (κ1) is 22.0. The molecule has 0 atom stereocenters. The monoisotopic (exact) mass is 437 g/mol. The molecule has 27 heavy (non-hydrogen) atoms. The number of benzene rings is 1. The van der Waals surface area contributed by atoms with Crippen molar-refractivity contribution in [2.24, 2.45) is 0 Å². The van der Waals surface area contributed by atoms with E-state index in [1.165, 1.54) is 0 Å². The molecule has 0 unspecified atom stereocenters. The lowest BCUT2D eigenvalue weighted by molar-refractivity contribution is 0.00578. The van der Waals surface area contributed by atoms with Crippen molar-refractivity contribution < 1.29 is 18.8 Å². The van der Waals surface area contributed by atoms with Crippen molar-refractivity contribution >= 4 is 35.2 Å². The molecule has 1 amide bonds. The lowest BCUT2D eigenvalue weighted by atomic mass is 9.77. The fraction of sp³-hybridized carbons (Fsp3) is 0.550. The van der Waals surface area contributed by atoms with Crippen LogP contribution in [0.15, 0.2) is 34.2 Å². The topological polar surface area (TPSA) is 56.8 Å². The Hall–Kier alpha value is -1.31. The molecule has 0 spiro atoms. The van der Waals surface area contributed by atoms with Crippen LogP contribution in [0.25, 0.3) is 6.08 Å². The second-order valence-corrected chi connectivity index (χ2v) is 9.63. The summed E-state index contributed by atoms with van der Waals surface area (Å²) >= 11 is 3.49. The first-order chi connectivity index (χ1) is 12.3. The van der Waals surface area contributed by atoms with E-state index in [1.54, 1.807) is 0 Å². The van der Waals surface area contributed by atoms with Crippen molar-refractivity contribution in [1.29, 1.82) is 0 Å². The Balaban J connectivity index is 2.23. The second-order valence-electron chi connectivity index (χ2n) is 8.72. The molecule has 0 radical (unpaired) electrons. The van der Waals surface area contributed by atoms with Crippen molar-refractivity contribution in [3.05, 3.63) is 39.8 Å². The molecule has 1 heterocycles. The smallest absolute Gasteiger partial charge is 0.444 e. The molecule has 1 N–H and O–H groups in total. The van der Waals surface area contributed by atoms with Gasteiger partial charge in [-0.15, -0.1) is 0 Å². The van der Waals surface area contributed by atoms with Gasteiger partial charge in [0.25, 0.3) is 0 Å². The number of alkyl carbamates (subject to hydrolysis) is 1. The van der Waals surface area contributed by atoms with Gasteiger partial charge < -0.3 is 19.4 Å². The molecule has 1 aromatic rings. The van der Waals surface area contributed by atoms with Crippen molar-refractivity contribution in [3.63, 3.8) is 0 Å². The van der Waals surface area contributed by atoms with E-state index in [0.29, 0.717) is 0 Å². The summed E-state index contributed by atoms with van der Waals surface area (Å²) in [5.41, 5.74) is 0.334. The van der Waals surface area contributed by atoms with E-state index in [-0.39, 0.29) is 6.54 Å². The number of rotatable bonds is 4. The second kappa shape index (κ2) is 7.98. The van der Waals surface area contributed by atoms with E-state index >= 15 is 0 Å². The van der Waals surface area contributed by atoms with Crippen LogP contribution in [0, 0.1) is 0 Å². The summed E-state index contributed by atoms with van der Waals surface area (Å²) in [4.78, 5) is 12.1.